The zero-order chi connectivity index (χ0) is 12.5. The third kappa shape index (κ3) is 2.35. The number of aromatic nitrogens is 2. The van der Waals surface area contributed by atoms with Crippen LogP contribution in [0.5, 0.6) is 0 Å². The van der Waals surface area contributed by atoms with Crippen LogP contribution in [0.25, 0.3) is 0 Å². The van der Waals surface area contributed by atoms with Gasteiger partial charge in [0.1, 0.15) is 4.90 Å². The third-order valence-corrected chi connectivity index (χ3v) is 3.39. The van der Waals surface area contributed by atoms with Crippen LogP contribution < -0.4 is 0 Å². The van der Waals surface area contributed by atoms with Gasteiger partial charge in [0.05, 0.1) is 5.69 Å². The fraction of sp³-hybridized carbons (Fsp3) is 0.500. The predicted molar refractivity (Wildman–Crippen MR) is 57.3 cm³/mol. The lowest BCUT2D eigenvalue weighted by molar-refractivity contribution is 0.0678. The number of carboxylic acid groups (broad SMARTS) is 1. The first-order chi connectivity index (χ1) is 7.29. The van der Waals surface area contributed by atoms with Crippen molar-refractivity contribution in [1.29, 1.82) is 0 Å². The van der Waals surface area contributed by atoms with Gasteiger partial charge in [-0.05, 0) is 13.3 Å². The SMILES string of the molecule is CCCn1nc(C)c(S(=O)(=O)Cl)c1C(=O)O. The van der Waals surface area contributed by atoms with E-state index < -0.39 is 19.9 Å². The lowest BCUT2D eigenvalue weighted by Crippen LogP contribution is -2.12. The average Bonchev–Trinajstić information content (AvgIpc) is 2.42. The second kappa shape index (κ2) is 4.42. The Labute approximate surface area is 97.3 Å². The molecule has 0 radical (unpaired) electrons. The highest BCUT2D eigenvalue weighted by molar-refractivity contribution is 8.13. The van der Waals surface area contributed by atoms with Crippen molar-refractivity contribution in [3.63, 3.8) is 0 Å². The molecule has 0 spiro atoms. The lowest BCUT2D eigenvalue weighted by Gasteiger charge is -2.02. The first kappa shape index (κ1) is 13.0. The van der Waals surface area contributed by atoms with Crippen molar-refractivity contribution >= 4 is 25.7 Å². The lowest BCUT2D eigenvalue weighted by atomic mass is 10.3. The number of nitrogens with zero attached hydrogens (tertiary/aromatic N) is 2. The van der Waals surface area contributed by atoms with Crippen molar-refractivity contribution in [2.24, 2.45) is 0 Å². The molecule has 0 aliphatic rings. The fourth-order valence-electron chi connectivity index (χ4n) is 1.44. The maximum absolute atomic E-state index is 11.2. The first-order valence-corrected chi connectivity index (χ1v) is 6.85. The Balaban J connectivity index is 3.55. The molecule has 0 saturated carbocycles. The van der Waals surface area contributed by atoms with Crippen molar-refractivity contribution in [3.8, 4) is 0 Å². The van der Waals surface area contributed by atoms with Crippen molar-refractivity contribution in [2.45, 2.75) is 31.7 Å². The van der Waals surface area contributed by atoms with Crippen molar-refractivity contribution in [3.05, 3.63) is 11.4 Å². The number of hydrogen-bond donors (Lipinski definition) is 1. The second-order valence-corrected chi connectivity index (χ2v) is 5.73. The van der Waals surface area contributed by atoms with Crippen molar-refractivity contribution in [1.82, 2.24) is 9.78 Å². The minimum Gasteiger partial charge on any atom is -0.476 e. The zero-order valence-corrected chi connectivity index (χ0v) is 10.3. The topological polar surface area (TPSA) is 89.3 Å². The fourth-order valence-corrected chi connectivity index (χ4v) is 2.81. The minimum absolute atomic E-state index is 0.0980. The van der Waals surface area contributed by atoms with Gasteiger partial charge < -0.3 is 5.11 Å². The van der Waals surface area contributed by atoms with Gasteiger partial charge in [0.25, 0.3) is 9.05 Å². The van der Waals surface area contributed by atoms with Crippen LogP contribution in [0.15, 0.2) is 4.90 Å². The van der Waals surface area contributed by atoms with Crippen molar-refractivity contribution in [2.75, 3.05) is 0 Å². The summed E-state index contributed by atoms with van der Waals surface area (Å²) in [6.07, 6.45) is 0.642. The predicted octanol–water partition coefficient (Wildman–Crippen LogP) is 1.23. The molecule has 16 heavy (non-hydrogen) atoms. The van der Waals surface area contributed by atoms with E-state index in [-0.39, 0.29) is 11.4 Å². The van der Waals surface area contributed by atoms with Gasteiger partial charge in [-0.15, -0.1) is 0 Å². The monoisotopic (exact) mass is 266 g/mol. The highest BCUT2D eigenvalue weighted by Crippen LogP contribution is 2.24. The number of carbonyl (C=O) groups is 1. The summed E-state index contributed by atoms with van der Waals surface area (Å²) in [4.78, 5) is 10.6. The molecule has 0 saturated heterocycles. The van der Waals surface area contributed by atoms with Crippen LogP contribution in [0, 0.1) is 6.92 Å². The van der Waals surface area contributed by atoms with Gasteiger partial charge in [0, 0.05) is 17.2 Å². The quantitative estimate of drug-likeness (QED) is 0.828. The van der Waals surface area contributed by atoms with E-state index in [4.69, 9.17) is 15.8 Å². The standard InChI is InChI=1S/C8H11ClN2O4S/c1-3-4-11-6(8(12)13)7(5(2)10-11)16(9,14)15/h3-4H2,1-2H3,(H,12,13). The van der Waals surface area contributed by atoms with E-state index in [9.17, 15) is 13.2 Å². The highest BCUT2D eigenvalue weighted by atomic mass is 35.7. The number of aromatic carboxylic acids is 1. The molecule has 0 aliphatic carbocycles. The highest BCUT2D eigenvalue weighted by Gasteiger charge is 2.29. The van der Waals surface area contributed by atoms with E-state index in [1.807, 2.05) is 6.92 Å². The molecule has 0 aromatic carbocycles. The van der Waals surface area contributed by atoms with E-state index in [0.717, 1.165) is 4.68 Å². The molecule has 1 rings (SSSR count). The third-order valence-electron chi connectivity index (χ3n) is 1.95. The summed E-state index contributed by atoms with van der Waals surface area (Å²) in [5, 5.41) is 12.8. The molecule has 0 atom stereocenters. The van der Waals surface area contributed by atoms with Crippen LogP contribution in [-0.4, -0.2) is 29.3 Å². The zero-order valence-electron chi connectivity index (χ0n) is 8.77. The first-order valence-electron chi connectivity index (χ1n) is 4.54. The summed E-state index contributed by atoms with van der Waals surface area (Å²) in [5.74, 6) is -1.35. The molecule has 8 heteroatoms. The molecular formula is C8H11ClN2O4S. The summed E-state index contributed by atoms with van der Waals surface area (Å²) in [5.41, 5.74) is -0.282. The molecule has 1 aromatic rings. The Morgan fingerprint density at radius 3 is 2.50 bits per heavy atom. The molecule has 0 bridgehead atoms. The number of halogens is 1. The molecule has 0 fully saturated rings. The van der Waals surface area contributed by atoms with Gasteiger partial charge in [0.2, 0.25) is 0 Å². The number of carboxylic acids is 1. The van der Waals surface area contributed by atoms with E-state index in [2.05, 4.69) is 5.10 Å². The normalized spacial score (nSPS) is 11.7. The summed E-state index contributed by atoms with van der Waals surface area (Å²) < 4.78 is 23.6. The molecule has 90 valence electrons. The molecular weight excluding hydrogens is 256 g/mol. The number of aryl methyl sites for hydroxylation is 2. The van der Waals surface area contributed by atoms with E-state index >= 15 is 0 Å². The van der Waals surface area contributed by atoms with Crippen LogP contribution in [0.2, 0.25) is 0 Å². The Morgan fingerprint density at radius 2 is 2.12 bits per heavy atom. The summed E-state index contributed by atoms with van der Waals surface area (Å²) >= 11 is 0. The Hall–Kier alpha value is -1.08. The van der Waals surface area contributed by atoms with Gasteiger partial charge in [-0.1, -0.05) is 6.92 Å². The summed E-state index contributed by atoms with van der Waals surface area (Å²) in [6, 6.07) is 0. The van der Waals surface area contributed by atoms with Gasteiger partial charge in [-0.3, -0.25) is 4.68 Å². The Bertz CT molecular complexity index is 520. The van der Waals surface area contributed by atoms with E-state index in [1.54, 1.807) is 0 Å². The number of hydrogen-bond acceptors (Lipinski definition) is 4. The number of rotatable bonds is 4. The molecule has 1 aromatic heterocycles. The van der Waals surface area contributed by atoms with Gasteiger partial charge in [-0.25, -0.2) is 13.2 Å². The maximum Gasteiger partial charge on any atom is 0.355 e. The average molecular weight is 267 g/mol. The smallest absolute Gasteiger partial charge is 0.355 e. The van der Waals surface area contributed by atoms with Crippen LogP contribution in [0.1, 0.15) is 29.5 Å². The van der Waals surface area contributed by atoms with Gasteiger partial charge >= 0.3 is 5.97 Å². The second-order valence-electron chi connectivity index (χ2n) is 3.23. The van der Waals surface area contributed by atoms with E-state index in [1.165, 1.54) is 6.92 Å². The molecule has 6 nitrogen and oxygen atoms in total. The van der Waals surface area contributed by atoms with E-state index in [0.29, 0.717) is 13.0 Å². The van der Waals surface area contributed by atoms with Crippen molar-refractivity contribution < 1.29 is 18.3 Å². The van der Waals surface area contributed by atoms with Crippen LogP contribution in [0.4, 0.5) is 0 Å². The minimum atomic E-state index is -4.10. The summed E-state index contributed by atoms with van der Waals surface area (Å²) in [6.45, 7) is 3.57. The molecule has 1 N–H and O–H groups in total. The molecule has 0 unspecified atom stereocenters. The van der Waals surface area contributed by atoms with Gasteiger partial charge in [-0.2, -0.15) is 5.10 Å². The molecule has 0 amide bonds. The van der Waals surface area contributed by atoms with Gasteiger partial charge in [0.15, 0.2) is 5.69 Å². The summed E-state index contributed by atoms with van der Waals surface area (Å²) in [7, 11) is 1.08. The molecule has 0 aliphatic heterocycles. The Morgan fingerprint density at radius 1 is 1.56 bits per heavy atom. The van der Waals surface area contributed by atoms with Crippen LogP contribution >= 0.6 is 10.7 Å². The van der Waals surface area contributed by atoms with Crippen LogP contribution in [0.3, 0.4) is 0 Å². The van der Waals surface area contributed by atoms with Crippen LogP contribution in [-0.2, 0) is 15.6 Å². The Kier molecular flexibility index (Phi) is 3.59. The largest absolute Gasteiger partial charge is 0.476 e. The maximum atomic E-state index is 11.2. The molecule has 1 heterocycles.